The molecule has 5 nitrogen and oxygen atoms in total. The van der Waals surface area contributed by atoms with Crippen LogP contribution in [0.2, 0.25) is 0 Å². The summed E-state index contributed by atoms with van der Waals surface area (Å²) in [6, 6.07) is 8.49. The molecule has 0 aliphatic carbocycles. The molecule has 0 spiro atoms. The van der Waals surface area contributed by atoms with Gasteiger partial charge in [0.1, 0.15) is 6.33 Å². The number of rotatable bonds is 7. The second-order valence-electron chi connectivity index (χ2n) is 5.29. The van der Waals surface area contributed by atoms with Crippen molar-refractivity contribution in [3.8, 4) is 0 Å². The first-order chi connectivity index (χ1) is 10.9. The Morgan fingerprint density at radius 2 is 1.87 bits per heavy atom. The lowest BCUT2D eigenvalue weighted by molar-refractivity contribution is 0.230. The second kappa shape index (κ2) is 7.90. The molecule has 0 fully saturated rings. The van der Waals surface area contributed by atoms with Crippen LogP contribution in [-0.4, -0.2) is 29.7 Å². The molecule has 0 saturated heterocycles. The van der Waals surface area contributed by atoms with Gasteiger partial charge in [0.25, 0.3) is 10.1 Å². The Hall–Kier alpha value is -1.44. The average Bonchev–Trinajstić information content (AvgIpc) is 2.53. The molecule has 2 unspecified atom stereocenters. The van der Waals surface area contributed by atoms with Crippen molar-refractivity contribution < 1.29 is 12.6 Å². The molecule has 0 N–H and O–H groups in total. The monoisotopic (exact) mass is 352 g/mol. The molecule has 0 aliphatic rings. The van der Waals surface area contributed by atoms with Crippen LogP contribution in [0.25, 0.3) is 0 Å². The summed E-state index contributed by atoms with van der Waals surface area (Å²) in [5.74, 6) is 0.683. The summed E-state index contributed by atoms with van der Waals surface area (Å²) in [5, 5.41) is 0.00480. The van der Waals surface area contributed by atoms with E-state index in [0.717, 1.165) is 11.3 Å². The minimum absolute atomic E-state index is 0.00480. The molecule has 1 heterocycles. The third kappa shape index (κ3) is 5.30. The fourth-order valence-corrected chi connectivity index (χ4v) is 3.94. The Bertz CT molecular complexity index is 719. The average molecular weight is 352 g/mol. The summed E-state index contributed by atoms with van der Waals surface area (Å²) < 4.78 is 29.9. The second-order valence-corrected chi connectivity index (χ2v) is 8.22. The molecule has 0 bridgehead atoms. The zero-order valence-electron chi connectivity index (χ0n) is 13.3. The number of nitrogens with zero attached hydrogens (tertiary/aromatic N) is 2. The maximum absolute atomic E-state index is 12.3. The first kappa shape index (κ1) is 17.9. The normalized spacial score (nSPS) is 14.4. The predicted molar refractivity (Wildman–Crippen MR) is 91.7 cm³/mol. The topological polar surface area (TPSA) is 69.2 Å². The molecule has 124 valence electrons. The molecule has 23 heavy (non-hydrogen) atoms. The molecule has 1 aromatic carbocycles. The molecule has 2 aromatic rings. The van der Waals surface area contributed by atoms with Crippen molar-refractivity contribution in [3.05, 3.63) is 54.1 Å². The van der Waals surface area contributed by atoms with Gasteiger partial charge in [-0.1, -0.05) is 24.6 Å². The first-order valence-electron chi connectivity index (χ1n) is 7.25. The van der Waals surface area contributed by atoms with Gasteiger partial charge in [-0.15, -0.1) is 11.8 Å². The van der Waals surface area contributed by atoms with Crippen LogP contribution in [0.5, 0.6) is 0 Å². The molecule has 0 saturated carbocycles. The molecular formula is C16H20N2O3S2. The smallest absolute Gasteiger partial charge is 0.262 e. The standard InChI is InChI=1S/C16H20N2O3S2/c1-12-4-6-16(7-5-12)23(19,20)21-13(2)14(3)22-10-15-8-9-17-11-18-15/h4-9,11,13-14H,10H2,1-3H3. The van der Waals surface area contributed by atoms with E-state index in [1.807, 2.05) is 19.9 Å². The van der Waals surface area contributed by atoms with Crippen molar-refractivity contribution in [1.82, 2.24) is 9.97 Å². The van der Waals surface area contributed by atoms with Crippen LogP contribution in [0.1, 0.15) is 25.1 Å². The van der Waals surface area contributed by atoms with Gasteiger partial charge in [0, 0.05) is 17.2 Å². The van der Waals surface area contributed by atoms with E-state index in [1.165, 1.54) is 6.33 Å². The van der Waals surface area contributed by atoms with Gasteiger partial charge in [0.2, 0.25) is 0 Å². The van der Waals surface area contributed by atoms with E-state index in [2.05, 4.69) is 9.97 Å². The van der Waals surface area contributed by atoms with Crippen molar-refractivity contribution >= 4 is 21.9 Å². The Morgan fingerprint density at radius 1 is 1.17 bits per heavy atom. The van der Waals surface area contributed by atoms with Crippen molar-refractivity contribution in [3.63, 3.8) is 0 Å². The molecule has 7 heteroatoms. The van der Waals surface area contributed by atoms with Crippen LogP contribution >= 0.6 is 11.8 Å². The highest BCUT2D eigenvalue weighted by atomic mass is 32.2. The fourth-order valence-electron chi connectivity index (χ4n) is 1.79. The van der Waals surface area contributed by atoms with E-state index in [1.54, 1.807) is 49.1 Å². The van der Waals surface area contributed by atoms with E-state index in [0.29, 0.717) is 5.75 Å². The molecule has 0 aliphatic heterocycles. The van der Waals surface area contributed by atoms with Gasteiger partial charge >= 0.3 is 0 Å². The van der Waals surface area contributed by atoms with Crippen LogP contribution in [0.4, 0.5) is 0 Å². The van der Waals surface area contributed by atoms with Gasteiger partial charge in [0.05, 0.1) is 16.7 Å². The molecule has 0 radical (unpaired) electrons. The van der Waals surface area contributed by atoms with Crippen molar-refractivity contribution in [2.75, 3.05) is 0 Å². The highest BCUT2D eigenvalue weighted by molar-refractivity contribution is 7.99. The SMILES string of the molecule is Cc1ccc(S(=O)(=O)OC(C)C(C)SCc2ccncn2)cc1. The molecule has 0 amide bonds. The van der Waals surface area contributed by atoms with Crippen LogP contribution in [0, 0.1) is 6.92 Å². The third-order valence-corrected chi connectivity index (χ3v) is 6.16. The molecular weight excluding hydrogens is 332 g/mol. The van der Waals surface area contributed by atoms with Gasteiger partial charge in [-0.2, -0.15) is 8.42 Å². The number of thioether (sulfide) groups is 1. The Balaban J connectivity index is 1.94. The van der Waals surface area contributed by atoms with Gasteiger partial charge in [0.15, 0.2) is 0 Å². The lowest BCUT2D eigenvalue weighted by Crippen LogP contribution is -2.24. The number of hydrogen-bond donors (Lipinski definition) is 0. The Labute approximate surface area is 141 Å². The summed E-state index contributed by atoms with van der Waals surface area (Å²) in [4.78, 5) is 8.20. The highest BCUT2D eigenvalue weighted by Crippen LogP contribution is 2.24. The number of aryl methyl sites for hydroxylation is 1. The predicted octanol–water partition coefficient (Wildman–Crippen LogP) is 3.20. The largest absolute Gasteiger partial charge is 0.297 e. The summed E-state index contributed by atoms with van der Waals surface area (Å²) in [5.41, 5.74) is 1.91. The maximum Gasteiger partial charge on any atom is 0.297 e. The zero-order chi connectivity index (χ0) is 16.9. The van der Waals surface area contributed by atoms with Crippen molar-refractivity contribution in [2.45, 2.75) is 42.8 Å². The Kier molecular flexibility index (Phi) is 6.15. The van der Waals surface area contributed by atoms with Gasteiger partial charge in [-0.05, 0) is 32.0 Å². The Morgan fingerprint density at radius 3 is 2.48 bits per heavy atom. The number of benzene rings is 1. The third-order valence-electron chi connectivity index (χ3n) is 3.39. The minimum atomic E-state index is -3.74. The quantitative estimate of drug-likeness (QED) is 0.713. The van der Waals surface area contributed by atoms with E-state index in [-0.39, 0.29) is 10.1 Å². The first-order valence-corrected chi connectivity index (χ1v) is 9.70. The van der Waals surface area contributed by atoms with Crippen LogP contribution in [0.3, 0.4) is 0 Å². The fraction of sp³-hybridized carbons (Fsp3) is 0.375. The molecule has 2 atom stereocenters. The van der Waals surface area contributed by atoms with Crippen LogP contribution in [-0.2, 0) is 20.1 Å². The van der Waals surface area contributed by atoms with E-state index >= 15 is 0 Å². The lowest BCUT2D eigenvalue weighted by atomic mass is 10.2. The summed E-state index contributed by atoms with van der Waals surface area (Å²) in [7, 11) is -3.74. The van der Waals surface area contributed by atoms with Crippen LogP contribution < -0.4 is 0 Å². The zero-order valence-corrected chi connectivity index (χ0v) is 15.0. The van der Waals surface area contributed by atoms with Gasteiger partial charge in [-0.25, -0.2) is 9.97 Å². The summed E-state index contributed by atoms with van der Waals surface area (Å²) in [6.45, 7) is 5.62. The summed E-state index contributed by atoms with van der Waals surface area (Å²) in [6.07, 6.45) is 2.76. The van der Waals surface area contributed by atoms with Gasteiger partial charge in [-0.3, -0.25) is 4.18 Å². The van der Waals surface area contributed by atoms with E-state index in [9.17, 15) is 8.42 Å². The van der Waals surface area contributed by atoms with Gasteiger partial charge < -0.3 is 0 Å². The maximum atomic E-state index is 12.3. The van der Waals surface area contributed by atoms with Crippen molar-refractivity contribution in [2.24, 2.45) is 0 Å². The highest BCUT2D eigenvalue weighted by Gasteiger charge is 2.23. The van der Waals surface area contributed by atoms with Crippen LogP contribution in [0.15, 0.2) is 47.8 Å². The molecule has 2 rings (SSSR count). The summed E-state index contributed by atoms with van der Waals surface area (Å²) >= 11 is 1.60. The van der Waals surface area contributed by atoms with E-state index in [4.69, 9.17) is 4.18 Å². The number of aromatic nitrogens is 2. The number of hydrogen-bond acceptors (Lipinski definition) is 6. The van der Waals surface area contributed by atoms with Crippen molar-refractivity contribution in [1.29, 1.82) is 0 Å². The lowest BCUT2D eigenvalue weighted by Gasteiger charge is -2.19. The minimum Gasteiger partial charge on any atom is -0.262 e. The van der Waals surface area contributed by atoms with E-state index < -0.39 is 16.2 Å². The molecule has 1 aromatic heterocycles.